The normalized spacial score (nSPS) is 14.9. The van der Waals surface area contributed by atoms with Crippen LogP contribution in [0.4, 0.5) is 0 Å². The molecule has 1 aromatic rings. The van der Waals surface area contributed by atoms with Gasteiger partial charge in [-0.15, -0.1) is 0 Å². The van der Waals surface area contributed by atoms with E-state index in [-0.39, 0.29) is 5.91 Å². The average Bonchev–Trinajstić information content (AvgIpc) is 3.09. The zero-order chi connectivity index (χ0) is 10.5. The zero-order valence-electron chi connectivity index (χ0n) is 8.44. The van der Waals surface area contributed by atoms with Crippen LogP contribution in [0, 0.1) is 0 Å². The van der Waals surface area contributed by atoms with E-state index in [9.17, 15) is 4.79 Å². The highest BCUT2D eigenvalue weighted by molar-refractivity contribution is 5.77. The largest absolute Gasteiger partial charge is 0.349 e. The van der Waals surface area contributed by atoms with Gasteiger partial charge in [0.25, 0.3) is 0 Å². The maximum atomic E-state index is 11.3. The van der Waals surface area contributed by atoms with Gasteiger partial charge in [-0.1, -0.05) is 0 Å². The van der Waals surface area contributed by atoms with E-state index in [4.69, 9.17) is 0 Å². The molecule has 2 rings (SSSR count). The number of nitrogens with one attached hydrogen (secondary N) is 2. The summed E-state index contributed by atoms with van der Waals surface area (Å²) in [5.74, 6) is 0.00699. The number of rotatable bonds is 5. The summed E-state index contributed by atoms with van der Waals surface area (Å²) in [7, 11) is 0. The second-order valence-corrected chi connectivity index (χ2v) is 3.65. The Morgan fingerprint density at radius 1 is 1.53 bits per heavy atom. The SMILES string of the molecule is O=C(CNC1CC1)NCc1cccnn1. The van der Waals surface area contributed by atoms with E-state index >= 15 is 0 Å². The molecule has 1 amide bonds. The Kier molecular flexibility index (Phi) is 3.24. The van der Waals surface area contributed by atoms with Gasteiger partial charge in [-0.25, -0.2) is 0 Å². The van der Waals surface area contributed by atoms with E-state index in [1.807, 2.05) is 6.07 Å². The van der Waals surface area contributed by atoms with Crippen LogP contribution in [0.3, 0.4) is 0 Å². The lowest BCUT2D eigenvalue weighted by Crippen LogP contribution is -2.34. The lowest BCUT2D eigenvalue weighted by molar-refractivity contribution is -0.120. The quantitative estimate of drug-likeness (QED) is 0.703. The van der Waals surface area contributed by atoms with Crippen LogP contribution in [0.1, 0.15) is 18.5 Å². The third-order valence-corrected chi connectivity index (χ3v) is 2.22. The number of amides is 1. The third kappa shape index (κ3) is 3.63. The van der Waals surface area contributed by atoms with Gasteiger partial charge in [0.2, 0.25) is 5.91 Å². The summed E-state index contributed by atoms with van der Waals surface area (Å²) in [6.45, 7) is 0.837. The molecule has 5 heteroatoms. The first-order valence-electron chi connectivity index (χ1n) is 5.11. The summed E-state index contributed by atoms with van der Waals surface area (Å²) >= 11 is 0. The lowest BCUT2D eigenvalue weighted by atomic mass is 10.4. The van der Waals surface area contributed by atoms with E-state index in [2.05, 4.69) is 20.8 Å². The van der Waals surface area contributed by atoms with E-state index < -0.39 is 0 Å². The molecule has 0 unspecified atom stereocenters. The Bertz CT molecular complexity index is 323. The fourth-order valence-electron chi connectivity index (χ4n) is 1.20. The van der Waals surface area contributed by atoms with Crippen molar-refractivity contribution in [2.75, 3.05) is 6.54 Å². The molecule has 5 nitrogen and oxygen atoms in total. The van der Waals surface area contributed by atoms with E-state index in [0.717, 1.165) is 5.69 Å². The van der Waals surface area contributed by atoms with Crippen molar-refractivity contribution in [2.45, 2.75) is 25.4 Å². The van der Waals surface area contributed by atoms with Crippen molar-refractivity contribution in [2.24, 2.45) is 0 Å². The van der Waals surface area contributed by atoms with Crippen molar-refractivity contribution in [3.05, 3.63) is 24.0 Å². The van der Waals surface area contributed by atoms with Crippen LogP contribution in [0.2, 0.25) is 0 Å². The van der Waals surface area contributed by atoms with Gasteiger partial charge in [-0.05, 0) is 25.0 Å². The average molecular weight is 206 g/mol. The van der Waals surface area contributed by atoms with E-state index in [1.54, 1.807) is 12.3 Å². The second-order valence-electron chi connectivity index (χ2n) is 3.65. The van der Waals surface area contributed by atoms with Gasteiger partial charge in [0.1, 0.15) is 0 Å². The number of hydrogen-bond acceptors (Lipinski definition) is 4. The molecule has 0 saturated heterocycles. The maximum Gasteiger partial charge on any atom is 0.234 e. The summed E-state index contributed by atoms with van der Waals surface area (Å²) in [5, 5.41) is 13.5. The van der Waals surface area contributed by atoms with Crippen molar-refractivity contribution in [3.63, 3.8) is 0 Å². The molecule has 0 spiro atoms. The fraction of sp³-hybridized carbons (Fsp3) is 0.500. The highest BCUT2D eigenvalue weighted by Gasteiger charge is 2.20. The van der Waals surface area contributed by atoms with Crippen LogP contribution in [0.25, 0.3) is 0 Å². The molecular formula is C10H14N4O. The van der Waals surface area contributed by atoms with Gasteiger partial charge in [0.15, 0.2) is 0 Å². The standard InChI is InChI=1S/C10H14N4O/c15-10(7-11-8-3-4-8)12-6-9-2-1-5-13-14-9/h1-2,5,8,11H,3-4,6-7H2,(H,12,15). The summed E-state index contributed by atoms with van der Waals surface area (Å²) < 4.78 is 0. The molecule has 1 aliphatic rings. The van der Waals surface area contributed by atoms with E-state index in [0.29, 0.717) is 19.1 Å². The predicted molar refractivity (Wildman–Crippen MR) is 54.9 cm³/mol. The Hall–Kier alpha value is -1.49. The molecule has 2 N–H and O–H groups in total. The van der Waals surface area contributed by atoms with Gasteiger partial charge in [0.05, 0.1) is 18.8 Å². The number of carbonyl (C=O) groups excluding carboxylic acids is 1. The number of aromatic nitrogens is 2. The number of carbonyl (C=O) groups is 1. The summed E-state index contributed by atoms with van der Waals surface area (Å²) in [6, 6.07) is 4.20. The highest BCUT2D eigenvalue weighted by Crippen LogP contribution is 2.17. The van der Waals surface area contributed by atoms with Crippen molar-refractivity contribution in [1.82, 2.24) is 20.8 Å². The molecule has 0 aromatic carbocycles. The molecule has 0 bridgehead atoms. The Balaban J connectivity index is 1.66. The predicted octanol–water partition coefficient (Wildman–Crippen LogP) is -0.155. The minimum Gasteiger partial charge on any atom is -0.349 e. The van der Waals surface area contributed by atoms with Crippen LogP contribution in [-0.2, 0) is 11.3 Å². The summed E-state index contributed by atoms with van der Waals surface area (Å²) in [4.78, 5) is 11.3. The Morgan fingerprint density at radius 3 is 3.07 bits per heavy atom. The molecule has 0 aliphatic heterocycles. The first-order chi connectivity index (χ1) is 7.34. The lowest BCUT2D eigenvalue weighted by Gasteiger charge is -2.04. The molecule has 80 valence electrons. The van der Waals surface area contributed by atoms with Crippen LogP contribution in [0.5, 0.6) is 0 Å². The van der Waals surface area contributed by atoms with Gasteiger partial charge in [-0.3, -0.25) is 4.79 Å². The van der Waals surface area contributed by atoms with Gasteiger partial charge < -0.3 is 10.6 Å². The first-order valence-corrected chi connectivity index (χ1v) is 5.11. The second kappa shape index (κ2) is 4.84. The Labute approximate surface area is 88.3 Å². The molecule has 1 heterocycles. The van der Waals surface area contributed by atoms with Gasteiger partial charge in [0, 0.05) is 12.2 Å². The minimum absolute atomic E-state index is 0.00699. The molecule has 1 aliphatic carbocycles. The van der Waals surface area contributed by atoms with Gasteiger partial charge >= 0.3 is 0 Å². The number of nitrogens with zero attached hydrogens (tertiary/aromatic N) is 2. The van der Waals surface area contributed by atoms with Crippen LogP contribution < -0.4 is 10.6 Å². The molecule has 15 heavy (non-hydrogen) atoms. The molecule has 1 aromatic heterocycles. The fourth-order valence-corrected chi connectivity index (χ4v) is 1.20. The van der Waals surface area contributed by atoms with Crippen molar-refractivity contribution in [1.29, 1.82) is 0 Å². The van der Waals surface area contributed by atoms with Crippen LogP contribution in [0.15, 0.2) is 18.3 Å². The Morgan fingerprint density at radius 2 is 2.40 bits per heavy atom. The van der Waals surface area contributed by atoms with E-state index in [1.165, 1.54) is 12.8 Å². The highest BCUT2D eigenvalue weighted by atomic mass is 16.1. The first kappa shape index (κ1) is 10.0. The zero-order valence-corrected chi connectivity index (χ0v) is 8.44. The third-order valence-electron chi connectivity index (χ3n) is 2.22. The maximum absolute atomic E-state index is 11.3. The summed E-state index contributed by atoms with van der Waals surface area (Å²) in [5.41, 5.74) is 0.775. The van der Waals surface area contributed by atoms with Crippen molar-refractivity contribution >= 4 is 5.91 Å². The van der Waals surface area contributed by atoms with Gasteiger partial charge in [-0.2, -0.15) is 10.2 Å². The molecule has 1 fully saturated rings. The number of hydrogen-bond donors (Lipinski definition) is 2. The molecule has 0 radical (unpaired) electrons. The smallest absolute Gasteiger partial charge is 0.234 e. The monoisotopic (exact) mass is 206 g/mol. The minimum atomic E-state index is 0.00699. The molecule has 1 saturated carbocycles. The topological polar surface area (TPSA) is 66.9 Å². The summed E-state index contributed by atoms with van der Waals surface area (Å²) in [6.07, 6.45) is 3.99. The molecule has 0 atom stereocenters. The van der Waals surface area contributed by atoms with Crippen molar-refractivity contribution in [3.8, 4) is 0 Å². The van der Waals surface area contributed by atoms with Crippen LogP contribution >= 0.6 is 0 Å². The van der Waals surface area contributed by atoms with Crippen LogP contribution in [-0.4, -0.2) is 28.7 Å². The van der Waals surface area contributed by atoms with Crippen molar-refractivity contribution < 1.29 is 4.79 Å². The molecular weight excluding hydrogens is 192 g/mol.